The molecule has 82 valence electrons. The summed E-state index contributed by atoms with van der Waals surface area (Å²) in [4.78, 5) is 9.86. The van der Waals surface area contributed by atoms with Crippen molar-refractivity contribution in [3.8, 4) is 0 Å². The minimum Gasteiger partial charge on any atom is -0.476 e. The smallest absolute Gasteiger partial charge is 0.393 e. The van der Waals surface area contributed by atoms with Crippen LogP contribution in [-0.4, -0.2) is 16.3 Å². The molecule has 0 aliphatic rings. The van der Waals surface area contributed by atoms with Crippen molar-refractivity contribution in [3.63, 3.8) is 0 Å². The maximum absolute atomic E-state index is 12.7. The molecule has 0 radical (unpaired) electrons. The van der Waals surface area contributed by atoms with Gasteiger partial charge in [0.05, 0.1) is 0 Å². The first kappa shape index (κ1) is 11.7. The molecular formula is C8H6F3NO2S. The summed E-state index contributed by atoms with van der Waals surface area (Å²) in [5.74, 6) is -3.07. The molecule has 0 saturated carbocycles. The molecule has 0 aliphatic carbocycles. The Bertz CT molecular complexity index is 377. The van der Waals surface area contributed by atoms with Crippen molar-refractivity contribution in [2.75, 3.05) is 5.73 Å². The lowest BCUT2D eigenvalue weighted by molar-refractivity contribution is -0.152. The highest BCUT2D eigenvalue weighted by Crippen LogP contribution is 2.36. The third kappa shape index (κ3) is 3.05. The lowest BCUT2D eigenvalue weighted by atomic mass is 10.3. The zero-order valence-corrected chi connectivity index (χ0v) is 8.02. The molecule has 1 aromatic rings. The Morgan fingerprint density at radius 3 is 2.47 bits per heavy atom. The van der Waals surface area contributed by atoms with Crippen molar-refractivity contribution in [1.29, 1.82) is 0 Å². The number of carbonyl (C=O) groups is 1. The Labute approximate surface area is 87.1 Å². The maximum Gasteiger partial charge on any atom is 0.393 e. The van der Waals surface area contributed by atoms with Crippen LogP contribution in [0.3, 0.4) is 0 Å². The Morgan fingerprint density at radius 2 is 2.00 bits per heavy atom. The third-order valence-corrected chi connectivity index (χ3v) is 2.29. The Balaban J connectivity index is 2.94. The zero-order valence-electron chi connectivity index (χ0n) is 7.21. The largest absolute Gasteiger partial charge is 0.476 e. The number of carboxylic acids is 1. The van der Waals surface area contributed by atoms with Gasteiger partial charge in [0, 0.05) is 10.6 Å². The summed E-state index contributed by atoms with van der Waals surface area (Å²) >= 11 is -0.271. The van der Waals surface area contributed by atoms with Crippen LogP contribution in [0.1, 0.15) is 0 Å². The topological polar surface area (TPSA) is 63.3 Å². The van der Waals surface area contributed by atoms with Crippen molar-refractivity contribution in [2.24, 2.45) is 0 Å². The van der Waals surface area contributed by atoms with Gasteiger partial charge in [-0.1, -0.05) is 0 Å². The van der Waals surface area contributed by atoms with Gasteiger partial charge in [-0.3, -0.25) is 0 Å². The summed E-state index contributed by atoms with van der Waals surface area (Å²) in [7, 11) is 0. The molecular weight excluding hydrogens is 231 g/mol. The number of benzene rings is 1. The van der Waals surface area contributed by atoms with Crippen LogP contribution >= 0.6 is 11.8 Å². The van der Waals surface area contributed by atoms with Crippen LogP contribution < -0.4 is 5.73 Å². The first-order valence-corrected chi connectivity index (χ1v) is 4.49. The van der Waals surface area contributed by atoms with Crippen molar-refractivity contribution in [3.05, 3.63) is 24.0 Å². The third-order valence-electron chi connectivity index (χ3n) is 1.39. The van der Waals surface area contributed by atoms with Crippen molar-refractivity contribution < 1.29 is 23.1 Å². The molecule has 3 N–H and O–H groups in total. The molecule has 0 aliphatic heterocycles. The molecule has 3 nitrogen and oxygen atoms in total. The van der Waals surface area contributed by atoms with Crippen molar-refractivity contribution in [2.45, 2.75) is 10.2 Å². The lowest BCUT2D eigenvalue weighted by Crippen LogP contribution is -2.23. The quantitative estimate of drug-likeness (QED) is 0.624. The number of nitrogens with two attached hydrogens (primary N) is 1. The predicted molar refractivity (Wildman–Crippen MR) is 49.3 cm³/mol. The molecule has 0 saturated heterocycles. The van der Waals surface area contributed by atoms with Crippen LogP contribution in [0.15, 0.2) is 23.1 Å². The fourth-order valence-corrected chi connectivity index (χ4v) is 1.58. The number of nitrogen functional groups attached to an aromatic ring is 1. The predicted octanol–water partition coefficient (Wildman–Crippen LogP) is 2.18. The highest BCUT2D eigenvalue weighted by Gasteiger charge is 2.40. The van der Waals surface area contributed by atoms with Gasteiger partial charge >= 0.3 is 11.2 Å². The first-order chi connectivity index (χ1) is 6.81. The second kappa shape index (κ2) is 4.01. The van der Waals surface area contributed by atoms with Gasteiger partial charge < -0.3 is 10.8 Å². The zero-order chi connectivity index (χ0) is 11.6. The van der Waals surface area contributed by atoms with E-state index in [0.717, 1.165) is 18.2 Å². The highest BCUT2D eigenvalue weighted by atomic mass is 32.2. The van der Waals surface area contributed by atoms with Gasteiger partial charge in [-0.25, -0.2) is 9.18 Å². The Morgan fingerprint density at radius 1 is 1.40 bits per heavy atom. The van der Waals surface area contributed by atoms with E-state index in [1.807, 2.05) is 0 Å². The van der Waals surface area contributed by atoms with E-state index in [-0.39, 0.29) is 22.3 Å². The van der Waals surface area contributed by atoms with E-state index >= 15 is 0 Å². The van der Waals surface area contributed by atoms with E-state index in [1.54, 1.807) is 0 Å². The number of hydrogen-bond donors (Lipinski definition) is 2. The fraction of sp³-hybridized carbons (Fsp3) is 0.125. The molecule has 1 aromatic carbocycles. The van der Waals surface area contributed by atoms with Gasteiger partial charge in [0.25, 0.3) is 0 Å². The van der Waals surface area contributed by atoms with Crippen LogP contribution in [0.5, 0.6) is 0 Å². The number of alkyl halides is 2. The molecule has 7 heteroatoms. The van der Waals surface area contributed by atoms with E-state index in [1.165, 1.54) is 0 Å². The lowest BCUT2D eigenvalue weighted by Gasteiger charge is -2.10. The summed E-state index contributed by atoms with van der Waals surface area (Å²) in [6.07, 6.45) is 0. The number of thioether (sulfide) groups is 1. The molecule has 0 unspecified atom stereocenters. The van der Waals surface area contributed by atoms with Gasteiger partial charge in [0.2, 0.25) is 0 Å². The van der Waals surface area contributed by atoms with Crippen LogP contribution in [-0.2, 0) is 4.79 Å². The summed E-state index contributed by atoms with van der Waals surface area (Å²) in [6.45, 7) is 0. The SMILES string of the molecule is Nc1cc(F)cc(SC(F)(F)C(=O)O)c1. The summed E-state index contributed by atoms with van der Waals surface area (Å²) in [5, 5.41) is 4.15. The van der Waals surface area contributed by atoms with Crippen LogP contribution in [0, 0.1) is 5.82 Å². The number of hydrogen-bond acceptors (Lipinski definition) is 3. The van der Waals surface area contributed by atoms with E-state index in [4.69, 9.17) is 10.8 Å². The molecule has 0 atom stereocenters. The van der Waals surface area contributed by atoms with Gasteiger partial charge in [-0.2, -0.15) is 8.78 Å². The normalized spacial score (nSPS) is 11.4. The molecule has 0 aromatic heterocycles. The highest BCUT2D eigenvalue weighted by molar-refractivity contribution is 8.01. The molecule has 1 rings (SSSR count). The van der Waals surface area contributed by atoms with Crippen LogP contribution in [0.2, 0.25) is 0 Å². The number of carboxylic acid groups (broad SMARTS) is 1. The summed E-state index contributed by atoms with van der Waals surface area (Å²) < 4.78 is 38.1. The molecule has 0 amide bonds. The van der Waals surface area contributed by atoms with Gasteiger partial charge in [-0.15, -0.1) is 0 Å². The molecule has 0 bridgehead atoms. The summed E-state index contributed by atoms with van der Waals surface area (Å²) in [6, 6.07) is 2.81. The molecule has 0 spiro atoms. The van der Waals surface area contributed by atoms with Crippen LogP contribution in [0.4, 0.5) is 18.9 Å². The van der Waals surface area contributed by atoms with E-state index in [9.17, 15) is 18.0 Å². The monoisotopic (exact) mass is 237 g/mol. The minimum absolute atomic E-state index is 0.0429. The minimum atomic E-state index is -4.00. The average Bonchev–Trinajstić information content (AvgIpc) is 1.99. The van der Waals surface area contributed by atoms with Crippen LogP contribution in [0.25, 0.3) is 0 Å². The van der Waals surface area contributed by atoms with Gasteiger partial charge in [-0.05, 0) is 30.0 Å². The number of halogens is 3. The molecule has 0 heterocycles. The summed E-state index contributed by atoms with van der Waals surface area (Å²) in [5.41, 5.74) is 5.17. The van der Waals surface area contributed by atoms with E-state index in [0.29, 0.717) is 0 Å². The number of rotatable bonds is 3. The Hall–Kier alpha value is -1.37. The van der Waals surface area contributed by atoms with E-state index < -0.39 is 17.0 Å². The standard InChI is InChI=1S/C8H6F3NO2S/c9-4-1-5(12)3-6(2-4)15-8(10,11)7(13)14/h1-3H,12H2,(H,13,14). The fourth-order valence-electron chi connectivity index (χ4n) is 0.835. The van der Waals surface area contributed by atoms with Gasteiger partial charge in [0.15, 0.2) is 0 Å². The maximum atomic E-state index is 12.7. The number of aliphatic carboxylic acids is 1. The molecule has 0 fully saturated rings. The Kier molecular flexibility index (Phi) is 3.13. The second-order valence-electron chi connectivity index (χ2n) is 2.64. The van der Waals surface area contributed by atoms with Crippen molar-refractivity contribution in [1.82, 2.24) is 0 Å². The molecule has 15 heavy (non-hydrogen) atoms. The second-order valence-corrected chi connectivity index (χ2v) is 3.83. The van der Waals surface area contributed by atoms with Gasteiger partial charge in [0.1, 0.15) is 5.82 Å². The number of anilines is 1. The first-order valence-electron chi connectivity index (χ1n) is 3.67. The average molecular weight is 237 g/mol. The van der Waals surface area contributed by atoms with Crippen molar-refractivity contribution >= 4 is 23.4 Å². The van der Waals surface area contributed by atoms with E-state index in [2.05, 4.69) is 0 Å².